The van der Waals surface area contributed by atoms with Crippen molar-refractivity contribution in [2.75, 3.05) is 99.2 Å². The zero-order valence-electron chi connectivity index (χ0n) is 76.0. The number of nitrogens with one attached hydrogen (secondary N) is 5. The lowest BCUT2D eigenvalue weighted by Crippen LogP contribution is -2.58. The highest BCUT2D eigenvalue weighted by molar-refractivity contribution is 9.11. The van der Waals surface area contributed by atoms with E-state index in [-0.39, 0.29) is 78.6 Å². The number of aliphatic hydroxyl groups is 1. The Bertz CT molecular complexity index is 6340. The van der Waals surface area contributed by atoms with Gasteiger partial charge in [0, 0.05) is 204 Å². The first-order chi connectivity index (χ1) is 64.9. The van der Waals surface area contributed by atoms with Crippen molar-refractivity contribution in [1.82, 2.24) is 69.7 Å². The van der Waals surface area contributed by atoms with E-state index in [1.165, 1.54) is 47.4 Å². The van der Waals surface area contributed by atoms with Gasteiger partial charge in [0.05, 0.1) is 49.5 Å². The molecule has 6 fully saturated rings. The maximum atomic E-state index is 15.4. The van der Waals surface area contributed by atoms with Crippen LogP contribution in [0.5, 0.6) is 0 Å². The number of aromatic nitrogens is 3. The Kier molecular flexibility index (Phi) is 30.8. The summed E-state index contributed by atoms with van der Waals surface area (Å²) in [5, 5.41) is 19.7. The van der Waals surface area contributed by atoms with Crippen LogP contribution in [0.15, 0.2) is 247 Å². The molecule has 0 saturated carbocycles. The van der Waals surface area contributed by atoms with Crippen molar-refractivity contribution >= 4 is 186 Å². The average Bonchev–Trinajstić information content (AvgIpc) is 1.58. The summed E-state index contributed by atoms with van der Waals surface area (Å²) < 4.78 is 13.6. The molecule has 32 heteroatoms. The normalized spacial score (nSPS) is 20.7. The number of carbonyl (C=O) groups is 8. The Morgan fingerprint density at radius 2 is 0.785 bits per heavy atom. The molecular formula is C103H108Br3Cl2FN14O9S3. The molecule has 18 rings (SSSR count). The molecule has 0 radical (unpaired) electrons. The van der Waals surface area contributed by atoms with Crippen molar-refractivity contribution in [3.05, 3.63) is 298 Å². The van der Waals surface area contributed by atoms with Gasteiger partial charge in [-0.25, -0.2) is 14.0 Å². The van der Waals surface area contributed by atoms with E-state index < -0.39 is 38.5 Å². The first-order valence-electron chi connectivity index (χ1n) is 45.4. The number of thioether (sulfide) groups is 3. The largest absolute Gasteiger partial charge is 0.393 e. The van der Waals surface area contributed by atoms with Gasteiger partial charge in [-0.2, -0.15) is 0 Å². The number of aliphatic hydroxyl groups excluding tert-OH is 1. The Hall–Kier alpha value is -10.1. The first kappa shape index (κ1) is 97.9. The van der Waals surface area contributed by atoms with E-state index in [1.807, 2.05) is 269 Å². The highest BCUT2D eigenvalue weighted by Crippen LogP contribution is 2.60. The van der Waals surface area contributed by atoms with Crippen LogP contribution in [-0.4, -0.2) is 231 Å². The fourth-order valence-corrected chi connectivity index (χ4v) is 25.0. The SMILES string of the molecule is CCNC(=O)N1CCN(C(=O)[C@]2(Sc3ccc(C)cc3)CC(=O)N(C(CN(C)C)c3ccc(Br)cc3)[C@H]2c2c[nH]c3cc(Cl)ccc23)CC1.CCNC(=O)N1CCN(C(=O)[C@]2(Sc3ccc(C)cc3)CC(=O)N(Cc3ccc(Br)cc3)[C@H]2c2c[nH]c3cc(F)ccc23)CC1.Cc1ccc(S[C@@]2(C(=O)N3CCC(O)CC3)CC(=O)N(Cc3ccc(Br)cc3)[C@H]2c2c[nH]c3cc(Cl)ccc23)cc1. The second-order valence-corrected chi connectivity index (χ2v) is 43.5. The van der Waals surface area contributed by atoms with Gasteiger partial charge in [0.25, 0.3) is 0 Å². The smallest absolute Gasteiger partial charge is 0.317 e. The van der Waals surface area contributed by atoms with Gasteiger partial charge in [-0.05, 0) is 194 Å². The molecule has 0 bridgehead atoms. The minimum absolute atomic E-state index is 0.00399. The number of hydrogen-bond donors (Lipinski definition) is 6. The number of fused-ring (bicyclic) bond motifs is 3. The van der Waals surface area contributed by atoms with Crippen LogP contribution >= 0.6 is 106 Å². The minimum Gasteiger partial charge on any atom is -0.393 e. The molecule has 23 nitrogen and oxygen atoms in total. The number of aryl methyl sites for hydroxylation is 3. The summed E-state index contributed by atoms with van der Waals surface area (Å²) in [6.45, 7) is 16.2. The number of hydrogen-bond acceptors (Lipinski definition) is 13. The molecule has 12 aromatic rings. The number of H-pyrrole nitrogens is 3. The number of nitrogens with zero attached hydrogens (tertiary/aromatic N) is 9. The third-order valence-electron chi connectivity index (χ3n) is 26.1. The number of piperazine rings is 2. The zero-order chi connectivity index (χ0) is 95.3. The standard InChI is InChI=1S/C37H42BrClN6O3S.C34H35BrFN5O3S.C32H31BrClN3O3S/c1-5-40-36(48)44-18-16-43(17-19-44)35(47)37(49-28-13-6-24(2)7-14-28)21-33(46)45(32(23-42(3)4)25-8-10-26(38)11-9-25)34(37)30-22-41-31-20-27(39)12-15-29(30)31;1-3-37-33(44)40-16-14-39(15-17-40)32(43)34(45-26-11-4-22(2)5-12-26)19-30(42)41(21-23-6-8-24(35)9-7-23)31(34)28-20-38-29-18-25(36)10-13-27(28)29;1-20-2-9-25(10-3-20)41-32(31(40)36-14-12-24(38)13-15-36)17-29(39)37(19-21-4-6-22(33)7-5-21)30(32)27-18-35-28-16-23(34)8-11-26(27)28/h6-15,20,22,32,34,41H,5,16-19,21,23H2,1-4H3,(H,40,48);4-13,18,20,31,38H,3,14-17,19,21H2,1-2H3,(H,37,44);2-11,16,18,24,30,35,38H,12-15,17,19H2,1H3/t32?,34-,37-;31-,34-;30-,32-/m000/s1. The number of rotatable bonds is 22. The van der Waals surface area contributed by atoms with Crippen LogP contribution < -0.4 is 10.6 Å². The molecule has 7 atom stereocenters. The number of benzene rings is 9. The maximum absolute atomic E-state index is 15.4. The lowest BCUT2D eigenvalue weighted by Gasteiger charge is -2.44. The number of halogens is 6. The molecule has 704 valence electrons. The fraction of sp³-hybridized carbons (Fsp3) is 0.340. The molecule has 6 aliphatic rings. The fourth-order valence-electron chi connectivity index (χ4n) is 19.4. The molecule has 0 spiro atoms. The molecule has 9 heterocycles. The summed E-state index contributed by atoms with van der Waals surface area (Å²) in [6, 6.07) is 61.6. The van der Waals surface area contributed by atoms with Gasteiger partial charge in [0.15, 0.2) is 0 Å². The molecule has 135 heavy (non-hydrogen) atoms. The second kappa shape index (κ2) is 42.5. The molecule has 6 N–H and O–H groups in total. The van der Waals surface area contributed by atoms with Gasteiger partial charge >= 0.3 is 12.1 Å². The number of aromatic amines is 3. The molecule has 10 amide bonds. The minimum atomic E-state index is -1.22. The van der Waals surface area contributed by atoms with E-state index >= 15 is 9.59 Å². The molecule has 6 aliphatic heterocycles. The van der Waals surface area contributed by atoms with E-state index in [1.54, 1.807) is 25.7 Å². The van der Waals surface area contributed by atoms with Crippen molar-refractivity contribution in [1.29, 1.82) is 0 Å². The number of amides is 10. The van der Waals surface area contributed by atoms with Crippen LogP contribution in [0.1, 0.15) is 120 Å². The number of carbonyl (C=O) groups excluding carboxylic acids is 8. The van der Waals surface area contributed by atoms with Crippen LogP contribution in [0.4, 0.5) is 14.0 Å². The van der Waals surface area contributed by atoms with Gasteiger partial charge < -0.3 is 74.8 Å². The van der Waals surface area contributed by atoms with Crippen LogP contribution in [-0.2, 0) is 41.9 Å². The second-order valence-electron chi connectivity index (χ2n) is 35.6. The van der Waals surface area contributed by atoms with Crippen molar-refractivity contribution in [3.63, 3.8) is 0 Å². The highest BCUT2D eigenvalue weighted by Gasteiger charge is 2.64. The van der Waals surface area contributed by atoms with Gasteiger partial charge in [-0.1, -0.05) is 173 Å². The third kappa shape index (κ3) is 21.3. The quantitative estimate of drug-likeness (QED) is 0.0369. The zero-order valence-corrected chi connectivity index (χ0v) is 84.8. The van der Waals surface area contributed by atoms with Crippen LogP contribution in [0.2, 0.25) is 10.0 Å². The predicted molar refractivity (Wildman–Crippen MR) is 544 cm³/mol. The molecule has 0 aliphatic carbocycles. The van der Waals surface area contributed by atoms with Crippen LogP contribution in [0, 0.1) is 26.6 Å². The number of likely N-dealkylation sites (tertiary alicyclic amines) is 4. The Morgan fingerprint density at radius 3 is 1.16 bits per heavy atom. The van der Waals surface area contributed by atoms with E-state index in [2.05, 4.69) is 78.3 Å². The Labute approximate surface area is 833 Å². The lowest BCUT2D eigenvalue weighted by atomic mass is 9.89. The van der Waals surface area contributed by atoms with Gasteiger partial charge in [0.2, 0.25) is 35.4 Å². The Balaban J connectivity index is 0.000000148. The molecule has 6 saturated heterocycles. The van der Waals surface area contributed by atoms with Crippen molar-refractivity contribution in [3.8, 4) is 0 Å². The van der Waals surface area contributed by atoms with E-state index in [0.717, 1.165) is 105 Å². The summed E-state index contributed by atoms with van der Waals surface area (Å²) in [4.78, 5) is 143. The summed E-state index contributed by atoms with van der Waals surface area (Å²) in [5.74, 6) is -0.952. The van der Waals surface area contributed by atoms with Crippen LogP contribution in [0.25, 0.3) is 32.7 Å². The third-order valence-corrected chi connectivity index (χ3v) is 32.4. The van der Waals surface area contributed by atoms with Gasteiger partial charge in [-0.15, -0.1) is 35.3 Å². The molecular weight excluding hydrogens is 2000 g/mol. The number of urea groups is 2. The van der Waals surface area contributed by atoms with Gasteiger partial charge in [0.1, 0.15) is 20.1 Å². The molecule has 3 aromatic heterocycles. The highest BCUT2D eigenvalue weighted by atomic mass is 79.9. The lowest BCUT2D eigenvalue weighted by molar-refractivity contribution is -0.137. The summed E-state index contributed by atoms with van der Waals surface area (Å²) in [7, 11) is 4.01. The van der Waals surface area contributed by atoms with E-state index in [9.17, 15) is 38.3 Å². The van der Waals surface area contributed by atoms with Crippen LogP contribution in [0.3, 0.4) is 0 Å². The topological polar surface area (TPSA) is 257 Å². The van der Waals surface area contributed by atoms with Crippen molar-refractivity contribution in [2.24, 2.45) is 0 Å². The summed E-state index contributed by atoms with van der Waals surface area (Å²) >= 11 is 27.7. The maximum Gasteiger partial charge on any atom is 0.317 e. The number of piperidine rings is 1. The summed E-state index contributed by atoms with van der Waals surface area (Å²) in [5.41, 5.74) is 11.1. The first-order valence-corrected chi connectivity index (χ1v) is 51.0. The van der Waals surface area contributed by atoms with E-state index in [4.69, 9.17) is 23.2 Å². The van der Waals surface area contributed by atoms with Crippen molar-refractivity contribution in [2.45, 2.75) is 139 Å². The average molecular weight is 2110 g/mol. The predicted octanol–water partition coefficient (Wildman–Crippen LogP) is 20.0. The summed E-state index contributed by atoms with van der Waals surface area (Å²) in [6.07, 6.45) is 6.42. The molecule has 9 aromatic carbocycles. The number of likely N-dealkylation sites (N-methyl/N-ethyl adjacent to an activating group) is 1. The van der Waals surface area contributed by atoms with E-state index in [0.29, 0.717) is 127 Å². The Morgan fingerprint density at radius 1 is 0.452 bits per heavy atom. The van der Waals surface area contributed by atoms with Crippen molar-refractivity contribution < 1.29 is 47.9 Å². The monoisotopic (exact) mass is 2110 g/mol. The molecule has 1 unspecified atom stereocenters. The van der Waals surface area contributed by atoms with Gasteiger partial charge in [-0.3, -0.25) is 28.8 Å².